The zero-order valence-corrected chi connectivity index (χ0v) is 18.6. The van der Waals surface area contributed by atoms with Gasteiger partial charge in [-0.15, -0.1) is 0 Å². The molecule has 0 aliphatic rings. The number of rotatable bonds is 3. The fourth-order valence-electron chi connectivity index (χ4n) is 4.12. The van der Waals surface area contributed by atoms with Gasteiger partial charge in [-0.2, -0.15) is 5.26 Å². The van der Waals surface area contributed by atoms with Crippen LogP contribution < -0.4 is 11.4 Å². The van der Waals surface area contributed by atoms with Crippen molar-refractivity contribution >= 4 is 27.6 Å². The van der Waals surface area contributed by atoms with Crippen LogP contribution in [0.25, 0.3) is 38.8 Å². The summed E-state index contributed by atoms with van der Waals surface area (Å²) in [6.07, 6.45) is 5.10. The van der Waals surface area contributed by atoms with Crippen molar-refractivity contribution < 1.29 is 0 Å². The lowest BCUT2D eigenvalue weighted by Gasteiger charge is -2.16. The molecule has 7 heteroatoms. The number of nitriles is 1. The normalized spacial score (nSPS) is 11.7. The van der Waals surface area contributed by atoms with Crippen LogP contribution in [-0.2, 0) is 12.5 Å². The smallest absolute Gasteiger partial charge is 0.333 e. The topological polar surface area (TPSA) is 103 Å². The Kier molecular flexibility index (Phi) is 4.53. The molecule has 0 bridgehead atoms. The van der Waals surface area contributed by atoms with Crippen LogP contribution in [-0.4, -0.2) is 19.1 Å². The number of benzene rings is 2. The maximum Gasteiger partial charge on any atom is 0.333 e. The van der Waals surface area contributed by atoms with Crippen molar-refractivity contribution in [1.82, 2.24) is 19.1 Å². The molecule has 0 aliphatic heterocycles. The molecule has 3 heterocycles. The lowest BCUT2D eigenvalue weighted by atomic mass is 9.86. The fraction of sp³-hybridized carbons (Fsp3) is 0.154. The van der Waals surface area contributed by atoms with Gasteiger partial charge < -0.3 is 5.73 Å². The highest BCUT2D eigenvalue weighted by atomic mass is 16.1. The van der Waals surface area contributed by atoms with E-state index in [0.29, 0.717) is 5.69 Å². The quantitative estimate of drug-likeness (QED) is 0.455. The van der Waals surface area contributed by atoms with Crippen molar-refractivity contribution in [3.63, 3.8) is 0 Å². The third-order valence-corrected chi connectivity index (χ3v) is 6.10. The SMILES string of the molecule is Cn1c(=O)n(-c2ccc(C(C)(C)C#N)cc2)c2c3cc(-c4cncc(N)c4)ccc3ncc21. The molecule has 0 aliphatic carbocycles. The standard InChI is InChI=1S/C26H22N6O/c1-26(2,15-27)18-5-7-20(8-6-18)32-24-21-11-16(17-10-19(28)13-29-12-17)4-9-22(21)30-14-23(24)31(3)25(32)33/h4-14H,28H2,1-3H3. The summed E-state index contributed by atoms with van der Waals surface area (Å²) >= 11 is 0. The van der Waals surface area contributed by atoms with E-state index >= 15 is 0 Å². The number of pyridine rings is 2. The fourth-order valence-corrected chi connectivity index (χ4v) is 4.12. The van der Waals surface area contributed by atoms with E-state index in [2.05, 4.69) is 16.0 Å². The number of hydrogen-bond donors (Lipinski definition) is 1. The highest BCUT2D eigenvalue weighted by Gasteiger charge is 2.21. The Morgan fingerprint density at radius 1 is 1.00 bits per heavy atom. The van der Waals surface area contributed by atoms with Gasteiger partial charge in [0.15, 0.2) is 0 Å². The molecule has 0 fully saturated rings. The minimum Gasteiger partial charge on any atom is -0.397 e. The van der Waals surface area contributed by atoms with E-state index < -0.39 is 5.41 Å². The monoisotopic (exact) mass is 434 g/mol. The van der Waals surface area contributed by atoms with Gasteiger partial charge in [0, 0.05) is 30.4 Å². The molecule has 0 saturated carbocycles. The molecule has 3 aromatic heterocycles. The molecule has 0 amide bonds. The highest BCUT2D eigenvalue weighted by Crippen LogP contribution is 2.30. The Morgan fingerprint density at radius 2 is 1.76 bits per heavy atom. The van der Waals surface area contributed by atoms with Crippen LogP contribution in [0.5, 0.6) is 0 Å². The Hall–Kier alpha value is -4.44. The summed E-state index contributed by atoms with van der Waals surface area (Å²) in [6, 6.07) is 17.7. The maximum absolute atomic E-state index is 13.3. The number of aromatic nitrogens is 4. The molecule has 5 rings (SSSR count). The van der Waals surface area contributed by atoms with Crippen molar-refractivity contribution in [2.45, 2.75) is 19.3 Å². The number of aryl methyl sites for hydroxylation is 1. The number of nitrogen functional groups attached to an aromatic ring is 1. The van der Waals surface area contributed by atoms with Crippen molar-refractivity contribution in [1.29, 1.82) is 5.26 Å². The van der Waals surface area contributed by atoms with Crippen molar-refractivity contribution in [2.75, 3.05) is 5.73 Å². The highest BCUT2D eigenvalue weighted by molar-refractivity contribution is 6.04. The van der Waals surface area contributed by atoms with Crippen molar-refractivity contribution in [3.05, 3.63) is 83.2 Å². The zero-order valence-electron chi connectivity index (χ0n) is 18.6. The van der Waals surface area contributed by atoms with E-state index in [1.165, 1.54) is 0 Å². The van der Waals surface area contributed by atoms with E-state index in [9.17, 15) is 10.1 Å². The van der Waals surface area contributed by atoms with E-state index in [1.54, 1.807) is 34.8 Å². The molecule has 0 spiro atoms. The van der Waals surface area contributed by atoms with Crippen LogP contribution in [0.3, 0.4) is 0 Å². The Morgan fingerprint density at radius 3 is 2.45 bits per heavy atom. The number of nitrogens with two attached hydrogens (primary N) is 1. The zero-order chi connectivity index (χ0) is 23.3. The number of imidazole rings is 1. The van der Waals surface area contributed by atoms with Gasteiger partial charge in [-0.05, 0) is 55.3 Å². The van der Waals surface area contributed by atoms with Gasteiger partial charge in [-0.25, -0.2) is 4.79 Å². The van der Waals surface area contributed by atoms with Gasteiger partial charge in [-0.3, -0.25) is 19.1 Å². The summed E-state index contributed by atoms with van der Waals surface area (Å²) < 4.78 is 3.30. The maximum atomic E-state index is 13.3. The number of nitrogens with zero attached hydrogens (tertiary/aromatic N) is 5. The summed E-state index contributed by atoms with van der Waals surface area (Å²) in [4.78, 5) is 22.1. The predicted octanol–water partition coefficient (Wildman–Crippen LogP) is 4.32. The van der Waals surface area contributed by atoms with Gasteiger partial charge in [-0.1, -0.05) is 18.2 Å². The van der Waals surface area contributed by atoms with Crippen molar-refractivity contribution in [3.8, 4) is 22.9 Å². The summed E-state index contributed by atoms with van der Waals surface area (Å²) in [5.41, 5.74) is 11.5. The number of fused-ring (bicyclic) bond motifs is 3. The number of hydrogen-bond acceptors (Lipinski definition) is 5. The summed E-state index contributed by atoms with van der Waals surface area (Å²) in [5.74, 6) is 0. The molecule has 2 aromatic carbocycles. The molecule has 33 heavy (non-hydrogen) atoms. The minimum atomic E-state index is -0.612. The second-order valence-electron chi connectivity index (χ2n) is 8.69. The van der Waals surface area contributed by atoms with Crippen LogP contribution in [0.1, 0.15) is 19.4 Å². The molecule has 5 aromatic rings. The van der Waals surface area contributed by atoms with Gasteiger partial charge in [0.2, 0.25) is 0 Å². The summed E-state index contributed by atoms with van der Waals surface area (Å²) in [7, 11) is 1.74. The van der Waals surface area contributed by atoms with Gasteiger partial charge >= 0.3 is 5.69 Å². The van der Waals surface area contributed by atoms with E-state index in [0.717, 1.165) is 44.3 Å². The molecular formula is C26H22N6O. The molecule has 0 saturated heterocycles. The lowest BCUT2D eigenvalue weighted by molar-refractivity contribution is 0.686. The van der Waals surface area contributed by atoms with E-state index in [4.69, 9.17) is 5.73 Å². The molecule has 162 valence electrons. The molecule has 0 unspecified atom stereocenters. The average Bonchev–Trinajstić information content (AvgIpc) is 3.09. The predicted molar refractivity (Wildman–Crippen MR) is 130 cm³/mol. The van der Waals surface area contributed by atoms with Gasteiger partial charge in [0.25, 0.3) is 0 Å². The van der Waals surface area contributed by atoms with Crippen LogP contribution in [0.4, 0.5) is 5.69 Å². The first-order valence-corrected chi connectivity index (χ1v) is 10.5. The first-order valence-electron chi connectivity index (χ1n) is 10.5. The second kappa shape index (κ2) is 7.31. The molecule has 2 N–H and O–H groups in total. The summed E-state index contributed by atoms with van der Waals surface area (Å²) in [6.45, 7) is 3.75. The Bertz CT molecular complexity index is 1630. The number of anilines is 1. The van der Waals surface area contributed by atoms with Gasteiger partial charge in [0.1, 0.15) is 0 Å². The molecule has 0 radical (unpaired) electrons. The third kappa shape index (κ3) is 3.24. The Balaban J connectivity index is 1.79. The van der Waals surface area contributed by atoms with Gasteiger partial charge in [0.05, 0.1) is 45.6 Å². The second-order valence-corrected chi connectivity index (χ2v) is 8.69. The largest absolute Gasteiger partial charge is 0.397 e. The van der Waals surface area contributed by atoms with E-state index in [-0.39, 0.29) is 5.69 Å². The van der Waals surface area contributed by atoms with E-state index in [1.807, 2.05) is 62.4 Å². The molecular weight excluding hydrogens is 412 g/mol. The molecule has 0 atom stereocenters. The lowest BCUT2D eigenvalue weighted by Crippen LogP contribution is -2.21. The third-order valence-electron chi connectivity index (χ3n) is 6.10. The summed E-state index contributed by atoms with van der Waals surface area (Å²) in [5, 5.41) is 10.3. The minimum absolute atomic E-state index is 0.164. The Labute approximate surface area is 190 Å². The first-order chi connectivity index (χ1) is 15.8. The van der Waals surface area contributed by atoms with Crippen LogP contribution in [0.15, 0.2) is 71.9 Å². The first kappa shape index (κ1) is 20.5. The molecule has 7 nitrogen and oxygen atoms in total. The van der Waals surface area contributed by atoms with Crippen molar-refractivity contribution in [2.24, 2.45) is 7.05 Å². The average molecular weight is 435 g/mol. The van der Waals surface area contributed by atoms with Crippen LogP contribution in [0, 0.1) is 11.3 Å². The van der Waals surface area contributed by atoms with Crippen LogP contribution in [0.2, 0.25) is 0 Å². The van der Waals surface area contributed by atoms with Crippen LogP contribution >= 0.6 is 0 Å².